The molecule has 1 saturated carbocycles. The molecule has 0 unspecified atom stereocenters. The summed E-state index contributed by atoms with van der Waals surface area (Å²) in [4.78, 5) is 26.0. The summed E-state index contributed by atoms with van der Waals surface area (Å²) < 4.78 is 4.64. The highest BCUT2D eigenvalue weighted by molar-refractivity contribution is 5.96. The van der Waals surface area contributed by atoms with Crippen molar-refractivity contribution < 1.29 is 14.3 Å². The van der Waals surface area contributed by atoms with Crippen molar-refractivity contribution >= 4 is 11.9 Å². The van der Waals surface area contributed by atoms with E-state index in [0.29, 0.717) is 11.1 Å². The van der Waals surface area contributed by atoms with E-state index in [0.717, 1.165) is 25.6 Å². The maximum Gasteiger partial charge on any atom is 0.337 e. The summed E-state index contributed by atoms with van der Waals surface area (Å²) in [5.41, 5.74) is 1.03. The van der Waals surface area contributed by atoms with E-state index in [1.54, 1.807) is 24.3 Å². The van der Waals surface area contributed by atoms with E-state index in [4.69, 9.17) is 0 Å². The lowest BCUT2D eigenvalue weighted by atomic mass is 10.1. The normalized spacial score (nSPS) is 22.0. The van der Waals surface area contributed by atoms with Gasteiger partial charge in [-0.2, -0.15) is 0 Å². The summed E-state index contributed by atoms with van der Waals surface area (Å²) >= 11 is 0. The molecule has 1 aromatic rings. The Balaban J connectivity index is 1.56. The van der Waals surface area contributed by atoms with Crippen LogP contribution < -0.4 is 5.32 Å². The first-order valence-corrected chi connectivity index (χ1v) is 7.40. The second-order valence-corrected chi connectivity index (χ2v) is 5.75. The van der Waals surface area contributed by atoms with E-state index < -0.39 is 5.97 Å². The second-order valence-electron chi connectivity index (χ2n) is 5.75. The quantitative estimate of drug-likeness (QED) is 0.852. The van der Waals surface area contributed by atoms with Gasteiger partial charge in [-0.1, -0.05) is 0 Å². The van der Waals surface area contributed by atoms with Gasteiger partial charge in [-0.15, -0.1) is 0 Å². The molecule has 5 nitrogen and oxygen atoms in total. The Bertz CT molecular complexity index is 537. The van der Waals surface area contributed by atoms with Gasteiger partial charge in [0.2, 0.25) is 0 Å². The molecule has 1 heterocycles. The number of benzene rings is 1. The third-order valence-corrected chi connectivity index (χ3v) is 4.19. The molecule has 0 bridgehead atoms. The predicted octanol–water partition coefficient (Wildman–Crippen LogP) is 1.44. The Hall–Kier alpha value is -1.88. The Morgan fingerprint density at radius 2 is 1.81 bits per heavy atom. The van der Waals surface area contributed by atoms with Crippen molar-refractivity contribution in [1.29, 1.82) is 0 Å². The molecule has 0 spiro atoms. The van der Waals surface area contributed by atoms with Crippen LogP contribution in [0.3, 0.4) is 0 Å². The molecule has 1 N–H and O–H groups in total. The first-order chi connectivity index (χ1) is 10.2. The second kappa shape index (κ2) is 5.85. The van der Waals surface area contributed by atoms with Crippen molar-refractivity contribution in [3.05, 3.63) is 35.4 Å². The van der Waals surface area contributed by atoms with E-state index in [1.165, 1.54) is 20.0 Å². The highest BCUT2D eigenvalue weighted by Gasteiger charge is 2.34. The molecule has 2 aliphatic rings. The molecule has 0 aromatic heterocycles. The van der Waals surface area contributed by atoms with Crippen molar-refractivity contribution in [1.82, 2.24) is 10.2 Å². The van der Waals surface area contributed by atoms with Gasteiger partial charge in [0.05, 0.1) is 12.7 Å². The van der Waals surface area contributed by atoms with Crippen molar-refractivity contribution in [3.63, 3.8) is 0 Å². The minimum absolute atomic E-state index is 0.0749. The lowest BCUT2D eigenvalue weighted by Gasteiger charge is -2.15. The molecular formula is C16H20N2O3. The van der Waals surface area contributed by atoms with Crippen LogP contribution in [-0.4, -0.2) is 49.1 Å². The van der Waals surface area contributed by atoms with Crippen LogP contribution in [0.15, 0.2) is 24.3 Å². The first kappa shape index (κ1) is 14.1. The highest BCUT2D eigenvalue weighted by Crippen LogP contribution is 2.29. The van der Waals surface area contributed by atoms with Crippen LogP contribution in [0, 0.1) is 0 Å². The summed E-state index contributed by atoms with van der Waals surface area (Å²) in [5, 5.41) is 3.07. The van der Waals surface area contributed by atoms with E-state index in [1.807, 2.05) is 0 Å². The molecule has 1 amide bonds. The smallest absolute Gasteiger partial charge is 0.337 e. The van der Waals surface area contributed by atoms with Crippen LogP contribution in [0.5, 0.6) is 0 Å². The summed E-state index contributed by atoms with van der Waals surface area (Å²) in [6.45, 7) is 2.04. The largest absolute Gasteiger partial charge is 0.465 e. The fourth-order valence-electron chi connectivity index (χ4n) is 2.82. The number of hydrogen-bond acceptors (Lipinski definition) is 4. The number of rotatable bonds is 4. The summed E-state index contributed by atoms with van der Waals surface area (Å²) in [6, 6.07) is 7.55. The zero-order chi connectivity index (χ0) is 14.8. The fourth-order valence-corrected chi connectivity index (χ4v) is 2.82. The Morgan fingerprint density at radius 3 is 2.43 bits per heavy atom. The monoisotopic (exact) mass is 288 g/mol. The zero-order valence-electron chi connectivity index (χ0n) is 12.2. The first-order valence-electron chi connectivity index (χ1n) is 7.40. The average Bonchev–Trinajstić information content (AvgIpc) is 3.27. The van der Waals surface area contributed by atoms with Gasteiger partial charge >= 0.3 is 5.97 Å². The topological polar surface area (TPSA) is 58.6 Å². The number of nitrogens with zero attached hydrogens (tertiary/aromatic N) is 1. The summed E-state index contributed by atoms with van der Waals surface area (Å²) in [7, 11) is 1.34. The average molecular weight is 288 g/mol. The van der Waals surface area contributed by atoms with Crippen LogP contribution >= 0.6 is 0 Å². The molecule has 1 atom stereocenters. The van der Waals surface area contributed by atoms with Gasteiger partial charge in [0.25, 0.3) is 5.91 Å². The summed E-state index contributed by atoms with van der Waals surface area (Å²) in [6.07, 6.45) is 3.62. The maximum atomic E-state index is 12.2. The van der Waals surface area contributed by atoms with E-state index >= 15 is 0 Å². The van der Waals surface area contributed by atoms with Crippen molar-refractivity contribution in [2.75, 3.05) is 20.2 Å². The minimum atomic E-state index is -0.391. The molecule has 0 radical (unpaired) electrons. The SMILES string of the molecule is COC(=O)c1ccc(C(=O)N[C@@H]2CCN(C3CC3)C2)cc1. The van der Waals surface area contributed by atoms with Gasteiger partial charge in [0.15, 0.2) is 0 Å². The number of methoxy groups -OCH3 is 1. The van der Waals surface area contributed by atoms with Gasteiger partial charge in [-0.3, -0.25) is 9.69 Å². The van der Waals surface area contributed by atoms with Crippen LogP contribution in [0.1, 0.15) is 40.0 Å². The molecule has 2 fully saturated rings. The predicted molar refractivity (Wildman–Crippen MR) is 78.2 cm³/mol. The van der Waals surface area contributed by atoms with Crippen LogP contribution in [-0.2, 0) is 4.74 Å². The van der Waals surface area contributed by atoms with Crippen molar-refractivity contribution in [2.45, 2.75) is 31.3 Å². The van der Waals surface area contributed by atoms with Gasteiger partial charge in [0.1, 0.15) is 0 Å². The number of nitrogens with one attached hydrogen (secondary N) is 1. The van der Waals surface area contributed by atoms with Crippen LogP contribution in [0.4, 0.5) is 0 Å². The van der Waals surface area contributed by atoms with Gasteiger partial charge in [0, 0.05) is 30.7 Å². The number of likely N-dealkylation sites (tertiary alicyclic amines) is 1. The Kier molecular flexibility index (Phi) is 3.92. The zero-order valence-corrected chi connectivity index (χ0v) is 12.2. The lowest BCUT2D eigenvalue weighted by molar-refractivity contribution is 0.0600. The minimum Gasteiger partial charge on any atom is -0.465 e. The Morgan fingerprint density at radius 1 is 1.14 bits per heavy atom. The number of carbonyl (C=O) groups is 2. The molecule has 21 heavy (non-hydrogen) atoms. The number of hydrogen-bond donors (Lipinski definition) is 1. The molecule has 1 aliphatic heterocycles. The molecule has 1 aliphatic carbocycles. The van der Waals surface area contributed by atoms with Gasteiger partial charge in [-0.25, -0.2) is 4.79 Å². The number of esters is 1. The summed E-state index contributed by atoms with van der Waals surface area (Å²) in [5.74, 6) is -0.466. The van der Waals surface area contributed by atoms with Gasteiger partial charge in [-0.05, 0) is 43.5 Å². The molecule has 1 aromatic carbocycles. The number of ether oxygens (including phenoxy) is 1. The van der Waals surface area contributed by atoms with Crippen LogP contribution in [0.2, 0.25) is 0 Å². The van der Waals surface area contributed by atoms with Crippen molar-refractivity contribution in [2.24, 2.45) is 0 Å². The molecule has 112 valence electrons. The Labute approximate surface area is 124 Å². The third kappa shape index (κ3) is 3.24. The molecule has 1 saturated heterocycles. The van der Waals surface area contributed by atoms with Gasteiger partial charge < -0.3 is 10.1 Å². The number of amides is 1. The van der Waals surface area contributed by atoms with E-state index in [-0.39, 0.29) is 11.9 Å². The van der Waals surface area contributed by atoms with E-state index in [2.05, 4.69) is 15.0 Å². The molecule has 5 heteroatoms. The third-order valence-electron chi connectivity index (χ3n) is 4.19. The van der Waals surface area contributed by atoms with Crippen LogP contribution in [0.25, 0.3) is 0 Å². The fraction of sp³-hybridized carbons (Fsp3) is 0.500. The molecular weight excluding hydrogens is 268 g/mol. The van der Waals surface area contributed by atoms with Crippen molar-refractivity contribution in [3.8, 4) is 0 Å². The number of carbonyl (C=O) groups excluding carboxylic acids is 2. The standard InChI is InChI=1S/C16H20N2O3/c1-21-16(20)12-4-2-11(3-5-12)15(19)17-13-8-9-18(10-13)14-6-7-14/h2-5,13-14H,6-10H2,1H3,(H,17,19)/t13-/m1/s1. The molecule has 3 rings (SSSR count). The maximum absolute atomic E-state index is 12.2. The highest BCUT2D eigenvalue weighted by atomic mass is 16.5. The van der Waals surface area contributed by atoms with E-state index in [9.17, 15) is 9.59 Å². The lowest BCUT2D eigenvalue weighted by Crippen LogP contribution is -2.37.